The second-order valence-electron chi connectivity index (χ2n) is 7.69. The highest BCUT2D eigenvalue weighted by atomic mass is 35.5. The molecule has 184 valence electrons. The van der Waals surface area contributed by atoms with E-state index in [0.29, 0.717) is 22.0 Å². The maximum atomic E-state index is 13.5. The molecule has 3 rings (SSSR count). The Balaban J connectivity index is 1.87. The van der Waals surface area contributed by atoms with Crippen LogP contribution in [0.15, 0.2) is 83.8 Å². The fourth-order valence-electron chi connectivity index (χ4n) is 3.44. The zero-order valence-electron chi connectivity index (χ0n) is 19.5. The summed E-state index contributed by atoms with van der Waals surface area (Å²) in [6, 6.07) is 20.1. The number of halogens is 1. The summed E-state index contributed by atoms with van der Waals surface area (Å²) in [5, 5.41) is 10.3. The number of carbonyl (C=O) groups is 1. The lowest BCUT2D eigenvalue weighted by atomic mass is 10.1. The first-order chi connectivity index (χ1) is 16.8. The average molecular weight is 515 g/mol. The van der Waals surface area contributed by atoms with Gasteiger partial charge in [0.25, 0.3) is 10.0 Å². The van der Waals surface area contributed by atoms with Gasteiger partial charge in [-0.05, 0) is 47.5 Å². The van der Waals surface area contributed by atoms with Crippen LogP contribution in [0.4, 0.5) is 5.69 Å². The van der Waals surface area contributed by atoms with Crippen molar-refractivity contribution in [1.82, 2.24) is 4.90 Å². The van der Waals surface area contributed by atoms with Gasteiger partial charge in [-0.1, -0.05) is 48.0 Å². The monoisotopic (exact) mass is 514 g/mol. The fraction of sp³-hybridized carbons (Fsp3) is 0.192. The van der Waals surface area contributed by atoms with Crippen LogP contribution in [0.3, 0.4) is 0 Å². The minimum atomic E-state index is -4.01. The zero-order valence-corrected chi connectivity index (χ0v) is 21.0. The summed E-state index contributed by atoms with van der Waals surface area (Å²) in [6.45, 7) is -0.365. The van der Waals surface area contributed by atoms with Crippen molar-refractivity contribution in [3.8, 4) is 5.75 Å². The predicted octanol–water partition coefficient (Wildman–Crippen LogP) is 4.21. The van der Waals surface area contributed by atoms with Crippen molar-refractivity contribution in [1.29, 1.82) is 0 Å². The van der Waals surface area contributed by atoms with Gasteiger partial charge in [0.05, 0.1) is 30.8 Å². The number of carbonyl (C=O) groups excluding carboxylic acids is 1. The van der Waals surface area contributed by atoms with Crippen LogP contribution in [0.2, 0.25) is 5.02 Å². The molecule has 0 aromatic heterocycles. The van der Waals surface area contributed by atoms with E-state index in [-0.39, 0.29) is 30.5 Å². The molecule has 0 spiro atoms. The van der Waals surface area contributed by atoms with Gasteiger partial charge in [-0.15, -0.1) is 0 Å². The van der Waals surface area contributed by atoms with Crippen molar-refractivity contribution < 1.29 is 23.1 Å². The maximum absolute atomic E-state index is 13.5. The number of hydrogen-bond donors (Lipinski definition) is 1. The molecule has 1 N–H and O–H groups in total. The summed E-state index contributed by atoms with van der Waals surface area (Å²) in [6.07, 6.45) is 3.14. The summed E-state index contributed by atoms with van der Waals surface area (Å²) >= 11 is 5.90. The van der Waals surface area contributed by atoms with Gasteiger partial charge >= 0.3 is 0 Å². The molecule has 0 radical (unpaired) electrons. The number of para-hydroxylation sites is 1. The van der Waals surface area contributed by atoms with E-state index in [1.807, 2.05) is 0 Å². The van der Waals surface area contributed by atoms with Gasteiger partial charge in [0.15, 0.2) is 0 Å². The maximum Gasteiger partial charge on any atom is 0.264 e. The number of aliphatic hydroxyl groups excluding tert-OH is 1. The van der Waals surface area contributed by atoms with E-state index >= 15 is 0 Å². The molecule has 0 heterocycles. The van der Waals surface area contributed by atoms with Crippen molar-refractivity contribution in [3.63, 3.8) is 0 Å². The summed E-state index contributed by atoms with van der Waals surface area (Å²) in [5.41, 5.74) is 1.82. The van der Waals surface area contributed by atoms with Gasteiger partial charge in [-0.3, -0.25) is 9.10 Å². The fourth-order valence-corrected chi connectivity index (χ4v) is 5.09. The smallest absolute Gasteiger partial charge is 0.264 e. The van der Waals surface area contributed by atoms with Crippen LogP contribution in [-0.4, -0.2) is 51.6 Å². The molecule has 3 aromatic carbocycles. The molecule has 0 unspecified atom stereocenters. The number of anilines is 1. The number of ether oxygens (including phenoxy) is 1. The molecular weight excluding hydrogens is 488 g/mol. The van der Waals surface area contributed by atoms with Gasteiger partial charge in [0.2, 0.25) is 5.91 Å². The summed E-state index contributed by atoms with van der Waals surface area (Å²) in [4.78, 5) is 14.2. The van der Waals surface area contributed by atoms with Crippen LogP contribution in [0, 0.1) is 0 Å². The van der Waals surface area contributed by atoms with Crippen molar-refractivity contribution in [2.24, 2.45) is 0 Å². The van der Waals surface area contributed by atoms with Crippen LogP contribution in [0.25, 0.3) is 6.08 Å². The molecule has 0 bridgehead atoms. The van der Waals surface area contributed by atoms with Gasteiger partial charge < -0.3 is 14.7 Å². The molecule has 7 nitrogen and oxygen atoms in total. The standard InChI is InChI=1S/C26H27ClN2O5S/c1-28(26(31)15-12-20-10-13-22(27)14-11-20)19-21-6-3-4-9-25(21)29(16-17-30)35(32,33)24-8-5-7-23(18-24)34-2/h3-15,18,30H,16-17,19H2,1-2H3/b15-12+. The third kappa shape index (κ3) is 6.63. The number of rotatable bonds is 10. The molecular formula is C26H27ClN2O5S. The van der Waals surface area contributed by atoms with E-state index in [9.17, 15) is 18.3 Å². The number of methoxy groups -OCH3 is 1. The molecule has 0 saturated carbocycles. The second-order valence-corrected chi connectivity index (χ2v) is 9.99. The van der Waals surface area contributed by atoms with E-state index in [4.69, 9.17) is 16.3 Å². The lowest BCUT2D eigenvalue weighted by molar-refractivity contribution is -0.125. The molecule has 0 aliphatic rings. The lowest BCUT2D eigenvalue weighted by Gasteiger charge is -2.27. The zero-order chi connectivity index (χ0) is 25.4. The van der Waals surface area contributed by atoms with E-state index in [1.165, 1.54) is 30.2 Å². The van der Waals surface area contributed by atoms with Crippen LogP contribution in [-0.2, 0) is 21.4 Å². The molecule has 0 fully saturated rings. The average Bonchev–Trinajstić information content (AvgIpc) is 2.87. The van der Waals surface area contributed by atoms with Gasteiger partial charge in [0.1, 0.15) is 5.75 Å². The Labute approximate surface area is 210 Å². The number of sulfonamides is 1. The number of hydrogen-bond acceptors (Lipinski definition) is 5. The Morgan fingerprint density at radius 1 is 1.06 bits per heavy atom. The van der Waals surface area contributed by atoms with Crippen molar-refractivity contribution in [2.75, 3.05) is 31.6 Å². The summed E-state index contributed by atoms with van der Waals surface area (Å²) in [5.74, 6) is 0.153. The predicted molar refractivity (Wildman–Crippen MR) is 138 cm³/mol. The van der Waals surface area contributed by atoms with Crippen LogP contribution >= 0.6 is 11.6 Å². The number of nitrogens with zero attached hydrogens (tertiary/aromatic N) is 2. The molecule has 3 aromatic rings. The minimum absolute atomic E-state index is 0.0374. The number of amides is 1. The SMILES string of the molecule is COc1cccc(S(=O)(=O)N(CCO)c2ccccc2CN(C)C(=O)/C=C/c2ccc(Cl)cc2)c1. The number of aliphatic hydroxyl groups is 1. The molecule has 0 aliphatic heterocycles. The number of likely N-dealkylation sites (N-methyl/N-ethyl adjacent to an activating group) is 1. The molecule has 0 saturated heterocycles. The molecule has 0 aliphatic carbocycles. The van der Waals surface area contributed by atoms with Gasteiger partial charge in [0, 0.05) is 30.8 Å². The van der Waals surface area contributed by atoms with E-state index < -0.39 is 10.0 Å². The van der Waals surface area contributed by atoms with Crippen LogP contribution in [0.1, 0.15) is 11.1 Å². The van der Waals surface area contributed by atoms with Crippen LogP contribution in [0.5, 0.6) is 5.75 Å². The highest BCUT2D eigenvalue weighted by Crippen LogP contribution is 2.29. The molecule has 35 heavy (non-hydrogen) atoms. The first-order valence-electron chi connectivity index (χ1n) is 10.8. The lowest BCUT2D eigenvalue weighted by Crippen LogP contribution is -2.35. The third-order valence-corrected chi connectivity index (χ3v) is 7.33. The third-order valence-electron chi connectivity index (χ3n) is 5.26. The van der Waals surface area contributed by atoms with E-state index in [1.54, 1.807) is 73.8 Å². The summed E-state index contributed by atoms with van der Waals surface area (Å²) < 4.78 is 33.3. The van der Waals surface area contributed by atoms with Crippen molar-refractivity contribution in [2.45, 2.75) is 11.4 Å². The largest absolute Gasteiger partial charge is 0.497 e. The highest BCUT2D eigenvalue weighted by Gasteiger charge is 2.27. The minimum Gasteiger partial charge on any atom is -0.497 e. The molecule has 1 amide bonds. The van der Waals surface area contributed by atoms with Crippen molar-refractivity contribution in [3.05, 3.63) is 95.0 Å². The quantitative estimate of drug-likeness (QED) is 0.409. The Morgan fingerprint density at radius 3 is 2.46 bits per heavy atom. The first kappa shape index (κ1) is 26.3. The molecule has 9 heteroatoms. The Kier molecular flexibility index (Phi) is 8.92. The van der Waals surface area contributed by atoms with E-state index in [0.717, 1.165) is 9.87 Å². The van der Waals surface area contributed by atoms with Crippen molar-refractivity contribution >= 4 is 39.3 Å². The van der Waals surface area contributed by atoms with Gasteiger partial charge in [-0.25, -0.2) is 8.42 Å². The first-order valence-corrected chi connectivity index (χ1v) is 12.6. The second kappa shape index (κ2) is 11.9. The normalized spacial score (nSPS) is 11.4. The van der Waals surface area contributed by atoms with Gasteiger partial charge in [-0.2, -0.15) is 0 Å². The Morgan fingerprint density at radius 2 is 1.77 bits per heavy atom. The molecule has 0 atom stereocenters. The number of benzene rings is 3. The Bertz CT molecular complexity index is 1290. The highest BCUT2D eigenvalue weighted by molar-refractivity contribution is 7.92. The van der Waals surface area contributed by atoms with Crippen LogP contribution < -0.4 is 9.04 Å². The summed E-state index contributed by atoms with van der Waals surface area (Å²) in [7, 11) is -0.916. The Hall–Kier alpha value is -3.33. The van der Waals surface area contributed by atoms with E-state index in [2.05, 4.69) is 0 Å². The topological polar surface area (TPSA) is 87.2 Å².